The molecule has 0 aliphatic carbocycles. The fourth-order valence-electron chi connectivity index (χ4n) is 2.62. The summed E-state index contributed by atoms with van der Waals surface area (Å²) in [4.78, 5) is 12.2. The van der Waals surface area contributed by atoms with Crippen LogP contribution in [0.4, 0.5) is 10.1 Å². The molecule has 0 bridgehead atoms. The lowest BCUT2D eigenvalue weighted by Gasteiger charge is -2.31. The second-order valence-corrected chi connectivity index (χ2v) is 5.18. The number of nitrogens with zero attached hydrogens (tertiary/aromatic N) is 2. The molecule has 0 unspecified atom stereocenters. The molecule has 1 aliphatic rings. The highest BCUT2D eigenvalue weighted by Crippen LogP contribution is 2.24. The van der Waals surface area contributed by atoms with Crippen molar-refractivity contribution in [2.24, 2.45) is 5.92 Å². The highest BCUT2D eigenvalue weighted by Gasteiger charge is 2.22. The summed E-state index contributed by atoms with van der Waals surface area (Å²) in [5.41, 5.74) is -0.0545. The molecule has 0 N–H and O–H groups in total. The number of likely N-dealkylation sites (tertiary alicyclic amines) is 1. The minimum atomic E-state index is -0.712. The topological polar surface area (TPSA) is 55.6 Å². The summed E-state index contributed by atoms with van der Waals surface area (Å²) in [7, 11) is 1.70. The van der Waals surface area contributed by atoms with Crippen LogP contribution in [0.2, 0.25) is 0 Å². The summed E-state index contributed by atoms with van der Waals surface area (Å²) in [5.74, 6) is -0.150. The normalized spacial score (nSPS) is 17.3. The van der Waals surface area contributed by atoms with Crippen molar-refractivity contribution < 1.29 is 14.1 Å². The maximum absolute atomic E-state index is 14.0. The van der Waals surface area contributed by atoms with Gasteiger partial charge in [-0.3, -0.25) is 15.0 Å². The molecule has 110 valence electrons. The fraction of sp³-hybridized carbons (Fsp3) is 0.571. The average Bonchev–Trinajstić information content (AvgIpc) is 2.43. The van der Waals surface area contributed by atoms with Crippen molar-refractivity contribution in [1.82, 2.24) is 4.90 Å². The number of halogens is 1. The van der Waals surface area contributed by atoms with Crippen LogP contribution in [0.1, 0.15) is 18.4 Å². The monoisotopic (exact) mass is 282 g/mol. The lowest BCUT2D eigenvalue weighted by molar-refractivity contribution is -0.387. The van der Waals surface area contributed by atoms with E-state index >= 15 is 0 Å². The van der Waals surface area contributed by atoms with Gasteiger partial charge in [-0.1, -0.05) is 12.1 Å². The van der Waals surface area contributed by atoms with Crippen molar-refractivity contribution >= 4 is 5.69 Å². The number of nitro benzene ring substituents is 1. The fourth-order valence-corrected chi connectivity index (χ4v) is 2.62. The Bertz CT molecular complexity index is 473. The van der Waals surface area contributed by atoms with Crippen molar-refractivity contribution in [3.05, 3.63) is 39.7 Å². The number of rotatable bonds is 5. The molecule has 6 heteroatoms. The molecule has 20 heavy (non-hydrogen) atoms. The second-order valence-electron chi connectivity index (χ2n) is 5.18. The lowest BCUT2D eigenvalue weighted by atomic mass is 9.97. The number of hydrogen-bond donors (Lipinski definition) is 0. The zero-order valence-corrected chi connectivity index (χ0v) is 11.5. The van der Waals surface area contributed by atoms with Gasteiger partial charge >= 0.3 is 5.69 Å². The summed E-state index contributed by atoms with van der Waals surface area (Å²) in [5, 5.41) is 10.7. The maximum Gasteiger partial charge on any atom is 0.305 e. The zero-order chi connectivity index (χ0) is 14.5. The van der Waals surface area contributed by atoms with Gasteiger partial charge in [0.2, 0.25) is 5.82 Å². The number of ether oxygens (including phenoxy) is 1. The van der Waals surface area contributed by atoms with E-state index in [4.69, 9.17) is 4.74 Å². The predicted molar refractivity (Wildman–Crippen MR) is 72.9 cm³/mol. The van der Waals surface area contributed by atoms with E-state index in [1.165, 1.54) is 12.1 Å². The molecule has 0 radical (unpaired) electrons. The maximum atomic E-state index is 14.0. The molecule has 5 nitrogen and oxygen atoms in total. The minimum absolute atomic E-state index is 0.393. The first-order valence-corrected chi connectivity index (χ1v) is 6.75. The van der Waals surface area contributed by atoms with Gasteiger partial charge in [0.1, 0.15) is 0 Å². The summed E-state index contributed by atoms with van der Waals surface area (Å²) >= 11 is 0. The molecule has 2 rings (SSSR count). The van der Waals surface area contributed by atoms with Crippen molar-refractivity contribution in [3.8, 4) is 0 Å². The number of benzene rings is 1. The Balaban J connectivity index is 1.98. The largest absolute Gasteiger partial charge is 0.384 e. The molecular formula is C14H19FN2O3. The second kappa shape index (κ2) is 6.76. The first-order chi connectivity index (χ1) is 9.61. The molecule has 1 fully saturated rings. The molecule has 0 spiro atoms. The van der Waals surface area contributed by atoms with Gasteiger partial charge in [-0.15, -0.1) is 0 Å². The van der Waals surface area contributed by atoms with Crippen LogP contribution in [-0.4, -0.2) is 36.6 Å². The quantitative estimate of drug-likeness (QED) is 0.615. The first-order valence-electron chi connectivity index (χ1n) is 6.75. The number of nitro groups is 1. The van der Waals surface area contributed by atoms with Gasteiger partial charge in [0.05, 0.1) is 4.92 Å². The Morgan fingerprint density at radius 2 is 2.15 bits per heavy atom. The summed E-state index contributed by atoms with van der Waals surface area (Å²) in [6.45, 7) is 2.93. The molecule has 1 aliphatic heterocycles. The number of hydrogen-bond acceptors (Lipinski definition) is 4. The van der Waals surface area contributed by atoms with Gasteiger partial charge in [-0.25, -0.2) is 0 Å². The van der Waals surface area contributed by atoms with Crippen molar-refractivity contribution in [1.29, 1.82) is 0 Å². The van der Waals surface area contributed by atoms with Gasteiger partial charge in [-0.05, 0) is 31.8 Å². The van der Waals surface area contributed by atoms with Crippen molar-refractivity contribution in [3.63, 3.8) is 0 Å². The molecule has 0 saturated carbocycles. The van der Waals surface area contributed by atoms with Crippen LogP contribution < -0.4 is 0 Å². The minimum Gasteiger partial charge on any atom is -0.384 e. The first kappa shape index (κ1) is 14.9. The Labute approximate surface area is 117 Å². The van der Waals surface area contributed by atoms with Crippen LogP contribution in [-0.2, 0) is 11.3 Å². The molecule has 1 aromatic carbocycles. The van der Waals surface area contributed by atoms with E-state index < -0.39 is 16.4 Å². The highest BCUT2D eigenvalue weighted by atomic mass is 19.1. The van der Waals surface area contributed by atoms with Gasteiger partial charge in [0, 0.05) is 31.9 Å². The van der Waals surface area contributed by atoms with Crippen LogP contribution in [0.15, 0.2) is 18.2 Å². The standard InChI is InChI=1S/C14H19FN2O3/c1-20-10-11-5-7-16(8-6-11)9-12-3-2-4-13(14(12)15)17(18)19/h2-4,11H,5-10H2,1H3. The third-order valence-electron chi connectivity index (χ3n) is 3.76. The summed E-state index contributed by atoms with van der Waals surface area (Å²) in [6.07, 6.45) is 2.04. The summed E-state index contributed by atoms with van der Waals surface area (Å²) in [6, 6.07) is 4.35. The molecule has 1 heterocycles. The molecule has 1 aromatic rings. The Hall–Kier alpha value is -1.53. The van der Waals surface area contributed by atoms with E-state index in [0.29, 0.717) is 18.0 Å². The van der Waals surface area contributed by atoms with Crippen LogP contribution >= 0.6 is 0 Å². The van der Waals surface area contributed by atoms with Crippen LogP contribution in [0.25, 0.3) is 0 Å². The van der Waals surface area contributed by atoms with Crippen LogP contribution in [0.5, 0.6) is 0 Å². The Morgan fingerprint density at radius 3 is 2.75 bits per heavy atom. The zero-order valence-electron chi connectivity index (χ0n) is 11.5. The molecular weight excluding hydrogens is 263 g/mol. The van der Waals surface area contributed by atoms with Gasteiger partial charge < -0.3 is 4.74 Å². The van der Waals surface area contributed by atoms with Gasteiger partial charge in [-0.2, -0.15) is 4.39 Å². The average molecular weight is 282 g/mol. The molecule has 0 aromatic heterocycles. The smallest absolute Gasteiger partial charge is 0.305 e. The van der Waals surface area contributed by atoms with E-state index in [-0.39, 0.29) is 0 Å². The van der Waals surface area contributed by atoms with E-state index in [9.17, 15) is 14.5 Å². The van der Waals surface area contributed by atoms with E-state index in [1.807, 2.05) is 0 Å². The SMILES string of the molecule is COCC1CCN(Cc2cccc([N+](=O)[O-])c2F)CC1. The Morgan fingerprint density at radius 1 is 1.45 bits per heavy atom. The Kier molecular flexibility index (Phi) is 5.03. The predicted octanol–water partition coefficient (Wildman–Crippen LogP) is 2.59. The molecule has 0 atom stereocenters. The third-order valence-corrected chi connectivity index (χ3v) is 3.76. The van der Waals surface area contributed by atoms with E-state index in [1.54, 1.807) is 13.2 Å². The van der Waals surface area contributed by atoms with Gasteiger partial charge in [0.15, 0.2) is 0 Å². The van der Waals surface area contributed by atoms with Crippen molar-refractivity contribution in [2.45, 2.75) is 19.4 Å². The van der Waals surface area contributed by atoms with Crippen molar-refractivity contribution in [2.75, 3.05) is 26.8 Å². The van der Waals surface area contributed by atoms with Crippen LogP contribution in [0.3, 0.4) is 0 Å². The lowest BCUT2D eigenvalue weighted by Crippen LogP contribution is -2.34. The summed E-state index contributed by atoms with van der Waals surface area (Å²) < 4.78 is 19.1. The van der Waals surface area contributed by atoms with Crippen LogP contribution in [0, 0.1) is 21.8 Å². The van der Waals surface area contributed by atoms with E-state index in [2.05, 4.69) is 4.90 Å². The molecule has 0 amide bonds. The third kappa shape index (κ3) is 3.52. The molecule has 1 saturated heterocycles. The van der Waals surface area contributed by atoms with Gasteiger partial charge in [0.25, 0.3) is 0 Å². The van der Waals surface area contributed by atoms with E-state index in [0.717, 1.165) is 32.5 Å². The number of piperidine rings is 1. The highest BCUT2D eigenvalue weighted by molar-refractivity contribution is 5.36. The number of methoxy groups -OCH3 is 1.